The van der Waals surface area contributed by atoms with E-state index in [1.807, 2.05) is 18.4 Å². The lowest BCUT2D eigenvalue weighted by Gasteiger charge is -2.11. The Kier molecular flexibility index (Phi) is 4.42. The third-order valence-electron chi connectivity index (χ3n) is 1.85. The summed E-state index contributed by atoms with van der Waals surface area (Å²) in [5.74, 6) is 0.260. The Morgan fingerprint density at radius 2 is 2.57 bits per heavy atom. The fourth-order valence-electron chi connectivity index (χ4n) is 1.11. The molecule has 1 atom stereocenters. The number of amidine groups is 1. The molecule has 0 amide bonds. The molecule has 0 aliphatic rings. The fourth-order valence-corrected chi connectivity index (χ4v) is 1.77. The molecule has 1 aromatic rings. The van der Waals surface area contributed by atoms with Crippen molar-refractivity contribution in [2.75, 3.05) is 0 Å². The van der Waals surface area contributed by atoms with Crippen LogP contribution in [-0.2, 0) is 6.54 Å². The van der Waals surface area contributed by atoms with Gasteiger partial charge in [0, 0.05) is 23.9 Å². The van der Waals surface area contributed by atoms with Crippen molar-refractivity contribution in [2.24, 2.45) is 10.9 Å². The predicted molar refractivity (Wildman–Crippen MR) is 58.6 cm³/mol. The van der Waals surface area contributed by atoms with Crippen LogP contribution in [0.25, 0.3) is 0 Å². The van der Waals surface area contributed by atoms with E-state index in [9.17, 15) is 0 Å². The first-order chi connectivity index (χ1) is 6.72. The third kappa shape index (κ3) is 3.76. The quantitative estimate of drug-likeness (QED) is 0.299. The van der Waals surface area contributed by atoms with Crippen LogP contribution in [-0.4, -0.2) is 17.1 Å². The van der Waals surface area contributed by atoms with E-state index in [0.29, 0.717) is 6.42 Å². The lowest BCUT2D eigenvalue weighted by Crippen LogP contribution is -2.30. The maximum atomic E-state index is 8.37. The van der Waals surface area contributed by atoms with Gasteiger partial charge in [-0.25, -0.2) is 0 Å². The number of oxime groups is 1. The van der Waals surface area contributed by atoms with E-state index >= 15 is 0 Å². The standard InChI is InChI=1S/C9H15N3OS/c1-7(5-9(10)12-13)11-6-8-3-2-4-14-8/h2-4,7,11,13H,5-6H2,1H3,(H2,10,12). The molecular weight excluding hydrogens is 198 g/mol. The monoisotopic (exact) mass is 213 g/mol. The van der Waals surface area contributed by atoms with E-state index in [0.717, 1.165) is 6.54 Å². The van der Waals surface area contributed by atoms with Crippen molar-refractivity contribution < 1.29 is 5.21 Å². The molecule has 0 fully saturated rings. The number of nitrogens with one attached hydrogen (secondary N) is 1. The Labute approximate surface area is 87.4 Å². The minimum Gasteiger partial charge on any atom is -0.409 e. The van der Waals surface area contributed by atoms with Crippen LogP contribution in [0, 0.1) is 0 Å². The highest BCUT2D eigenvalue weighted by atomic mass is 32.1. The molecule has 78 valence electrons. The molecule has 0 aliphatic carbocycles. The Balaban J connectivity index is 2.25. The summed E-state index contributed by atoms with van der Waals surface area (Å²) >= 11 is 1.72. The Morgan fingerprint density at radius 1 is 1.79 bits per heavy atom. The van der Waals surface area contributed by atoms with Gasteiger partial charge in [-0.15, -0.1) is 11.3 Å². The molecule has 0 radical (unpaired) electrons. The van der Waals surface area contributed by atoms with Gasteiger partial charge in [-0.2, -0.15) is 0 Å². The van der Waals surface area contributed by atoms with Gasteiger partial charge >= 0.3 is 0 Å². The molecule has 4 N–H and O–H groups in total. The van der Waals surface area contributed by atoms with Crippen LogP contribution in [0.15, 0.2) is 22.7 Å². The molecule has 1 rings (SSSR count). The number of hydrogen-bond donors (Lipinski definition) is 3. The lowest BCUT2D eigenvalue weighted by atomic mass is 10.2. The highest BCUT2D eigenvalue weighted by Gasteiger charge is 2.04. The summed E-state index contributed by atoms with van der Waals surface area (Å²) < 4.78 is 0. The molecule has 1 unspecified atom stereocenters. The number of rotatable bonds is 5. The SMILES string of the molecule is CC(CC(N)=NO)NCc1cccs1. The van der Waals surface area contributed by atoms with Crippen molar-refractivity contribution >= 4 is 17.2 Å². The summed E-state index contributed by atoms with van der Waals surface area (Å²) in [6.45, 7) is 2.84. The summed E-state index contributed by atoms with van der Waals surface area (Å²) in [4.78, 5) is 1.29. The van der Waals surface area contributed by atoms with Crippen molar-refractivity contribution in [3.05, 3.63) is 22.4 Å². The summed E-state index contributed by atoms with van der Waals surface area (Å²) in [6, 6.07) is 4.32. The highest BCUT2D eigenvalue weighted by molar-refractivity contribution is 7.09. The van der Waals surface area contributed by atoms with Gasteiger partial charge in [0.2, 0.25) is 0 Å². The first-order valence-electron chi connectivity index (χ1n) is 4.44. The lowest BCUT2D eigenvalue weighted by molar-refractivity contribution is 0.316. The Bertz CT molecular complexity index is 284. The fraction of sp³-hybridized carbons (Fsp3) is 0.444. The summed E-state index contributed by atoms with van der Waals surface area (Å²) in [7, 11) is 0. The average molecular weight is 213 g/mol. The van der Waals surface area contributed by atoms with Crippen molar-refractivity contribution in [1.29, 1.82) is 0 Å². The first kappa shape index (κ1) is 11.0. The maximum absolute atomic E-state index is 8.37. The topological polar surface area (TPSA) is 70.6 Å². The third-order valence-corrected chi connectivity index (χ3v) is 2.73. The molecule has 0 spiro atoms. The van der Waals surface area contributed by atoms with E-state index in [4.69, 9.17) is 10.9 Å². The van der Waals surface area contributed by atoms with Gasteiger partial charge in [-0.3, -0.25) is 0 Å². The van der Waals surface area contributed by atoms with Crippen LogP contribution in [0.3, 0.4) is 0 Å². The van der Waals surface area contributed by atoms with Crippen LogP contribution in [0.2, 0.25) is 0 Å². The molecule has 0 saturated heterocycles. The molecule has 1 aromatic heterocycles. The predicted octanol–water partition coefficient (Wildman–Crippen LogP) is 1.36. The second-order valence-electron chi connectivity index (χ2n) is 3.16. The van der Waals surface area contributed by atoms with Crippen LogP contribution in [0.5, 0.6) is 0 Å². The minimum atomic E-state index is 0.216. The summed E-state index contributed by atoms with van der Waals surface area (Å²) in [5.41, 5.74) is 5.39. The highest BCUT2D eigenvalue weighted by Crippen LogP contribution is 2.08. The summed E-state index contributed by atoms with van der Waals surface area (Å²) in [5, 5.41) is 16.6. The van der Waals surface area contributed by atoms with Gasteiger partial charge in [0.15, 0.2) is 0 Å². The van der Waals surface area contributed by atoms with Crippen molar-refractivity contribution in [3.8, 4) is 0 Å². The first-order valence-corrected chi connectivity index (χ1v) is 5.32. The zero-order valence-corrected chi connectivity index (χ0v) is 8.92. The minimum absolute atomic E-state index is 0.216. The number of nitrogens with zero attached hydrogens (tertiary/aromatic N) is 1. The van der Waals surface area contributed by atoms with Gasteiger partial charge in [0.25, 0.3) is 0 Å². The smallest absolute Gasteiger partial charge is 0.140 e. The molecule has 5 heteroatoms. The van der Waals surface area contributed by atoms with Gasteiger partial charge in [-0.1, -0.05) is 11.2 Å². The molecule has 0 aliphatic heterocycles. The normalized spacial score (nSPS) is 14.2. The second-order valence-corrected chi connectivity index (χ2v) is 4.19. The Morgan fingerprint density at radius 3 is 3.14 bits per heavy atom. The maximum Gasteiger partial charge on any atom is 0.140 e. The molecule has 1 heterocycles. The van der Waals surface area contributed by atoms with Gasteiger partial charge in [0.05, 0.1) is 0 Å². The van der Waals surface area contributed by atoms with Crippen LogP contribution < -0.4 is 11.1 Å². The van der Waals surface area contributed by atoms with Gasteiger partial charge in [0.1, 0.15) is 5.84 Å². The number of hydrogen-bond acceptors (Lipinski definition) is 4. The van der Waals surface area contributed by atoms with E-state index in [-0.39, 0.29) is 11.9 Å². The van der Waals surface area contributed by atoms with E-state index in [2.05, 4.69) is 16.5 Å². The molecule has 14 heavy (non-hydrogen) atoms. The summed E-state index contributed by atoms with van der Waals surface area (Å²) in [6.07, 6.45) is 0.557. The van der Waals surface area contributed by atoms with E-state index in [1.54, 1.807) is 11.3 Å². The average Bonchev–Trinajstić information content (AvgIpc) is 2.67. The van der Waals surface area contributed by atoms with Crippen molar-refractivity contribution in [2.45, 2.75) is 25.9 Å². The second kappa shape index (κ2) is 5.62. The van der Waals surface area contributed by atoms with E-state index < -0.39 is 0 Å². The largest absolute Gasteiger partial charge is 0.409 e. The zero-order valence-electron chi connectivity index (χ0n) is 8.10. The van der Waals surface area contributed by atoms with Crippen LogP contribution in [0.1, 0.15) is 18.2 Å². The van der Waals surface area contributed by atoms with Crippen LogP contribution >= 0.6 is 11.3 Å². The Hall–Kier alpha value is -1.07. The van der Waals surface area contributed by atoms with Crippen molar-refractivity contribution in [3.63, 3.8) is 0 Å². The molecule has 4 nitrogen and oxygen atoms in total. The van der Waals surface area contributed by atoms with Crippen LogP contribution in [0.4, 0.5) is 0 Å². The van der Waals surface area contributed by atoms with Gasteiger partial charge in [-0.05, 0) is 18.4 Å². The number of thiophene rings is 1. The van der Waals surface area contributed by atoms with Gasteiger partial charge < -0.3 is 16.3 Å². The molecule has 0 aromatic carbocycles. The number of nitrogens with two attached hydrogens (primary N) is 1. The van der Waals surface area contributed by atoms with Crippen molar-refractivity contribution in [1.82, 2.24) is 5.32 Å². The zero-order chi connectivity index (χ0) is 10.4. The van der Waals surface area contributed by atoms with E-state index in [1.165, 1.54) is 4.88 Å². The molecular formula is C9H15N3OS. The molecule has 0 saturated carbocycles. The molecule has 0 bridgehead atoms.